The van der Waals surface area contributed by atoms with Crippen LogP contribution in [0.1, 0.15) is 31.5 Å². The van der Waals surface area contributed by atoms with Crippen LogP contribution in [0.4, 0.5) is 5.82 Å². The number of hydrogen-bond donors (Lipinski definition) is 0. The normalized spacial score (nSPS) is 26.8. The first-order valence-corrected chi connectivity index (χ1v) is 9.42. The second kappa shape index (κ2) is 5.68. The summed E-state index contributed by atoms with van der Waals surface area (Å²) in [6.07, 6.45) is 4.64. The van der Waals surface area contributed by atoms with Gasteiger partial charge in [-0.2, -0.15) is 4.52 Å². The molecule has 1 saturated carbocycles. The molecule has 2 aromatic heterocycles. The van der Waals surface area contributed by atoms with Crippen LogP contribution in [0.5, 0.6) is 0 Å². The Balaban J connectivity index is 1.28. The predicted molar refractivity (Wildman–Crippen MR) is 93.3 cm³/mol. The zero-order valence-corrected chi connectivity index (χ0v) is 14.6. The van der Waals surface area contributed by atoms with Gasteiger partial charge in [0.05, 0.1) is 0 Å². The summed E-state index contributed by atoms with van der Waals surface area (Å²) in [6.45, 7) is 5.73. The zero-order chi connectivity index (χ0) is 17.0. The Morgan fingerprint density at radius 2 is 1.76 bits per heavy atom. The van der Waals surface area contributed by atoms with Crippen LogP contribution in [-0.2, 0) is 4.79 Å². The van der Waals surface area contributed by atoms with E-state index < -0.39 is 0 Å². The lowest BCUT2D eigenvalue weighted by atomic mass is 10.0. The third-order valence-corrected chi connectivity index (χ3v) is 6.23. The molecule has 0 aromatic carbocycles. The minimum atomic E-state index is 0.302. The summed E-state index contributed by atoms with van der Waals surface area (Å²) in [5, 5.41) is 12.9. The SMILES string of the molecule is Cc1nnc2ccc(N3CC4CN(C(=O)C5CCCC5)CC4C3)nn12. The maximum Gasteiger partial charge on any atom is 0.225 e. The molecule has 1 amide bonds. The second-order valence-electron chi connectivity index (χ2n) is 7.86. The van der Waals surface area contributed by atoms with Gasteiger partial charge in [0.25, 0.3) is 0 Å². The van der Waals surface area contributed by atoms with Crippen molar-refractivity contribution in [2.75, 3.05) is 31.1 Å². The smallest absolute Gasteiger partial charge is 0.225 e. The average molecular weight is 340 g/mol. The molecule has 3 fully saturated rings. The summed E-state index contributed by atoms with van der Waals surface area (Å²) < 4.78 is 1.80. The molecule has 7 nitrogen and oxygen atoms in total. The number of amides is 1. The van der Waals surface area contributed by atoms with E-state index in [-0.39, 0.29) is 0 Å². The van der Waals surface area contributed by atoms with Gasteiger partial charge in [-0.1, -0.05) is 12.8 Å². The van der Waals surface area contributed by atoms with Crippen LogP contribution in [0.3, 0.4) is 0 Å². The Hall–Kier alpha value is -2.18. The van der Waals surface area contributed by atoms with Crippen LogP contribution in [0.15, 0.2) is 12.1 Å². The Labute approximate surface area is 147 Å². The van der Waals surface area contributed by atoms with Gasteiger partial charge < -0.3 is 9.80 Å². The average Bonchev–Trinajstić information content (AvgIpc) is 3.37. The van der Waals surface area contributed by atoms with Gasteiger partial charge >= 0.3 is 0 Å². The van der Waals surface area contributed by atoms with Crippen molar-refractivity contribution in [3.8, 4) is 0 Å². The number of anilines is 1. The van der Waals surface area contributed by atoms with Gasteiger partial charge in [0.15, 0.2) is 11.5 Å². The molecule has 0 N–H and O–H groups in total. The van der Waals surface area contributed by atoms with Crippen LogP contribution in [-0.4, -0.2) is 56.8 Å². The second-order valence-corrected chi connectivity index (χ2v) is 7.86. The van der Waals surface area contributed by atoms with Crippen LogP contribution in [0.2, 0.25) is 0 Å². The number of rotatable bonds is 2. The third-order valence-electron chi connectivity index (χ3n) is 6.23. The summed E-state index contributed by atoms with van der Waals surface area (Å²) in [5.74, 6) is 3.66. The quantitative estimate of drug-likeness (QED) is 0.829. The Morgan fingerprint density at radius 1 is 1.04 bits per heavy atom. The van der Waals surface area contributed by atoms with E-state index in [4.69, 9.17) is 5.10 Å². The molecule has 5 rings (SSSR count). The first-order chi connectivity index (χ1) is 12.2. The highest BCUT2D eigenvalue weighted by Gasteiger charge is 2.43. The highest BCUT2D eigenvalue weighted by Crippen LogP contribution is 2.35. The molecule has 25 heavy (non-hydrogen) atoms. The topological polar surface area (TPSA) is 66.6 Å². The van der Waals surface area contributed by atoms with Crippen LogP contribution in [0.25, 0.3) is 5.65 Å². The summed E-state index contributed by atoms with van der Waals surface area (Å²) in [6, 6.07) is 4.01. The van der Waals surface area contributed by atoms with Crippen molar-refractivity contribution >= 4 is 17.4 Å². The monoisotopic (exact) mass is 340 g/mol. The molecule has 0 radical (unpaired) electrons. The van der Waals surface area contributed by atoms with Crippen LogP contribution >= 0.6 is 0 Å². The predicted octanol–water partition coefficient (Wildman–Crippen LogP) is 1.52. The largest absolute Gasteiger partial charge is 0.354 e. The Bertz CT molecular complexity index is 797. The molecular formula is C18H24N6O. The van der Waals surface area contributed by atoms with Crippen molar-refractivity contribution in [3.63, 3.8) is 0 Å². The molecule has 1 aliphatic carbocycles. The van der Waals surface area contributed by atoms with Crippen molar-refractivity contribution in [2.24, 2.45) is 17.8 Å². The van der Waals surface area contributed by atoms with Crippen molar-refractivity contribution in [1.82, 2.24) is 24.7 Å². The number of aromatic nitrogens is 4. The third kappa shape index (κ3) is 2.48. The van der Waals surface area contributed by atoms with Gasteiger partial charge in [-0.15, -0.1) is 15.3 Å². The number of likely N-dealkylation sites (tertiary alicyclic amines) is 1. The molecule has 2 unspecified atom stereocenters. The molecule has 4 heterocycles. The number of carbonyl (C=O) groups is 1. The number of carbonyl (C=O) groups excluding carboxylic acids is 1. The van der Waals surface area contributed by atoms with E-state index in [2.05, 4.69) is 20.0 Å². The molecule has 2 aliphatic heterocycles. The molecule has 2 aromatic rings. The summed E-state index contributed by atoms with van der Waals surface area (Å²) in [5.41, 5.74) is 0.786. The Kier molecular flexibility index (Phi) is 3.43. The number of fused-ring (bicyclic) bond motifs is 2. The maximum absolute atomic E-state index is 12.7. The molecule has 7 heteroatoms. The highest BCUT2D eigenvalue weighted by atomic mass is 16.2. The standard InChI is InChI=1S/C18H24N6O/c1-12-19-20-16-6-7-17(21-24(12)16)22-8-14-10-23(11-15(14)9-22)18(25)13-4-2-3-5-13/h6-7,13-15H,2-5,8-11H2,1H3. The Morgan fingerprint density at radius 3 is 2.48 bits per heavy atom. The molecule has 132 valence electrons. The van der Waals surface area contributed by atoms with Crippen LogP contribution < -0.4 is 4.90 Å². The summed E-state index contributed by atoms with van der Waals surface area (Å²) in [4.78, 5) is 17.2. The molecule has 0 bridgehead atoms. The van der Waals surface area contributed by atoms with Gasteiger partial charge in [0.1, 0.15) is 5.82 Å². The van der Waals surface area contributed by atoms with Gasteiger partial charge in [0, 0.05) is 43.9 Å². The van der Waals surface area contributed by atoms with Crippen molar-refractivity contribution < 1.29 is 4.79 Å². The van der Waals surface area contributed by atoms with E-state index in [1.807, 2.05) is 19.1 Å². The highest BCUT2D eigenvalue weighted by molar-refractivity contribution is 5.79. The summed E-state index contributed by atoms with van der Waals surface area (Å²) in [7, 11) is 0. The lowest BCUT2D eigenvalue weighted by molar-refractivity contribution is -0.134. The fourth-order valence-corrected chi connectivity index (χ4v) is 4.85. The van der Waals surface area contributed by atoms with E-state index in [0.717, 1.165) is 56.3 Å². The van der Waals surface area contributed by atoms with Crippen molar-refractivity contribution in [2.45, 2.75) is 32.6 Å². The number of hydrogen-bond acceptors (Lipinski definition) is 5. The number of aryl methyl sites for hydroxylation is 1. The minimum Gasteiger partial charge on any atom is -0.354 e. The van der Waals surface area contributed by atoms with Gasteiger partial charge in [-0.3, -0.25) is 4.79 Å². The zero-order valence-electron chi connectivity index (χ0n) is 14.6. The van der Waals surface area contributed by atoms with E-state index in [1.54, 1.807) is 4.52 Å². The van der Waals surface area contributed by atoms with Gasteiger partial charge in [-0.25, -0.2) is 0 Å². The lowest BCUT2D eigenvalue weighted by Gasteiger charge is -2.24. The fourth-order valence-electron chi connectivity index (χ4n) is 4.85. The van der Waals surface area contributed by atoms with E-state index in [9.17, 15) is 4.79 Å². The van der Waals surface area contributed by atoms with E-state index >= 15 is 0 Å². The number of nitrogens with zero attached hydrogens (tertiary/aromatic N) is 6. The molecular weight excluding hydrogens is 316 g/mol. The van der Waals surface area contributed by atoms with Gasteiger partial charge in [0.2, 0.25) is 5.91 Å². The van der Waals surface area contributed by atoms with Crippen LogP contribution in [0, 0.1) is 24.7 Å². The minimum absolute atomic E-state index is 0.302. The van der Waals surface area contributed by atoms with Gasteiger partial charge in [-0.05, 0) is 31.9 Å². The van der Waals surface area contributed by atoms with Crippen molar-refractivity contribution in [1.29, 1.82) is 0 Å². The summed E-state index contributed by atoms with van der Waals surface area (Å²) >= 11 is 0. The molecule has 0 spiro atoms. The maximum atomic E-state index is 12.7. The molecule has 2 saturated heterocycles. The fraction of sp³-hybridized carbons (Fsp3) is 0.667. The van der Waals surface area contributed by atoms with E-state index in [0.29, 0.717) is 23.7 Å². The molecule has 2 atom stereocenters. The molecule has 3 aliphatic rings. The first kappa shape index (κ1) is 15.1. The first-order valence-electron chi connectivity index (χ1n) is 9.42. The van der Waals surface area contributed by atoms with E-state index in [1.165, 1.54) is 12.8 Å². The van der Waals surface area contributed by atoms with Crippen molar-refractivity contribution in [3.05, 3.63) is 18.0 Å². The lowest BCUT2D eigenvalue weighted by Crippen LogP contribution is -2.36.